The first-order chi connectivity index (χ1) is 14.8. The Morgan fingerprint density at radius 2 is 2.00 bits per heavy atom. The Labute approximate surface area is 189 Å². The van der Waals surface area contributed by atoms with Crippen LogP contribution >= 0.6 is 24.0 Å². The molecule has 0 radical (unpaired) electrons. The molecule has 9 heteroatoms. The fourth-order valence-corrected chi connectivity index (χ4v) is 4.20. The summed E-state index contributed by atoms with van der Waals surface area (Å²) >= 11 is 6.46. The largest absolute Gasteiger partial charge is 0.507 e. The third-order valence-electron chi connectivity index (χ3n) is 4.50. The van der Waals surface area contributed by atoms with Crippen molar-refractivity contribution in [3.63, 3.8) is 0 Å². The number of hydrogen-bond acceptors (Lipinski definition) is 7. The summed E-state index contributed by atoms with van der Waals surface area (Å²) in [6.07, 6.45) is 3.67. The van der Waals surface area contributed by atoms with Crippen LogP contribution in [0.3, 0.4) is 0 Å². The molecule has 1 aliphatic heterocycles. The second-order valence-corrected chi connectivity index (χ2v) is 8.31. The van der Waals surface area contributed by atoms with E-state index in [0.29, 0.717) is 28.7 Å². The van der Waals surface area contributed by atoms with Gasteiger partial charge in [-0.05, 0) is 42.3 Å². The van der Waals surface area contributed by atoms with Crippen LogP contribution in [0.1, 0.15) is 35.7 Å². The van der Waals surface area contributed by atoms with Crippen molar-refractivity contribution in [2.24, 2.45) is 0 Å². The molecule has 1 aliphatic rings. The van der Waals surface area contributed by atoms with Gasteiger partial charge in [0.2, 0.25) is 0 Å². The third-order valence-corrected chi connectivity index (χ3v) is 5.81. The number of carboxylic acids is 1. The van der Waals surface area contributed by atoms with Crippen molar-refractivity contribution >= 4 is 51.9 Å². The summed E-state index contributed by atoms with van der Waals surface area (Å²) < 4.78 is 11.4. The first-order valence-corrected chi connectivity index (χ1v) is 10.7. The minimum absolute atomic E-state index is 0.252. The van der Waals surface area contributed by atoms with Crippen molar-refractivity contribution in [3.05, 3.63) is 52.4 Å². The number of thiocarbonyl (C=S) groups is 1. The highest BCUT2D eigenvalue weighted by Gasteiger charge is 2.34. The molecule has 162 valence electrons. The highest BCUT2D eigenvalue weighted by Crippen LogP contribution is 2.38. The number of ether oxygens (including phenoxy) is 2. The van der Waals surface area contributed by atoms with Crippen LogP contribution in [0.2, 0.25) is 0 Å². The van der Waals surface area contributed by atoms with Gasteiger partial charge in [-0.25, -0.2) is 4.79 Å². The molecule has 1 fully saturated rings. The van der Waals surface area contributed by atoms with Crippen LogP contribution in [-0.2, 0) is 4.79 Å². The van der Waals surface area contributed by atoms with E-state index in [4.69, 9.17) is 26.8 Å². The lowest BCUT2D eigenvalue weighted by molar-refractivity contribution is -0.113. The van der Waals surface area contributed by atoms with E-state index in [9.17, 15) is 14.7 Å². The Morgan fingerprint density at radius 3 is 2.65 bits per heavy atom. The Morgan fingerprint density at radius 1 is 1.23 bits per heavy atom. The number of amides is 1. The maximum absolute atomic E-state index is 12.9. The van der Waals surface area contributed by atoms with E-state index < -0.39 is 11.7 Å². The average molecular weight is 460 g/mol. The summed E-state index contributed by atoms with van der Waals surface area (Å²) in [5.41, 5.74) is 0.785. The number of thioether (sulfide) groups is 1. The van der Waals surface area contributed by atoms with Crippen molar-refractivity contribution in [2.75, 3.05) is 18.6 Å². The number of carboxylic acid groups (broad SMARTS) is 1. The zero-order chi connectivity index (χ0) is 22.5. The van der Waals surface area contributed by atoms with Crippen LogP contribution < -0.4 is 14.4 Å². The van der Waals surface area contributed by atoms with Gasteiger partial charge in [-0.3, -0.25) is 9.69 Å². The van der Waals surface area contributed by atoms with Crippen LogP contribution in [0.4, 0.5) is 5.69 Å². The number of aromatic carboxylic acids is 1. The summed E-state index contributed by atoms with van der Waals surface area (Å²) in [7, 11) is 1.55. The summed E-state index contributed by atoms with van der Waals surface area (Å²) in [4.78, 5) is 25.7. The van der Waals surface area contributed by atoms with Crippen molar-refractivity contribution in [1.82, 2.24) is 0 Å². The highest BCUT2D eigenvalue weighted by atomic mass is 32.2. The van der Waals surface area contributed by atoms with E-state index >= 15 is 0 Å². The first-order valence-electron chi connectivity index (χ1n) is 9.50. The van der Waals surface area contributed by atoms with Gasteiger partial charge in [-0.1, -0.05) is 43.4 Å². The molecule has 2 aromatic carbocycles. The minimum Gasteiger partial charge on any atom is -0.507 e. The number of anilines is 1. The van der Waals surface area contributed by atoms with Crippen LogP contribution in [0.5, 0.6) is 17.2 Å². The van der Waals surface area contributed by atoms with Crippen molar-refractivity contribution < 1.29 is 29.3 Å². The predicted molar refractivity (Wildman–Crippen MR) is 124 cm³/mol. The lowest BCUT2D eigenvalue weighted by Crippen LogP contribution is -2.27. The molecule has 0 aliphatic carbocycles. The van der Waals surface area contributed by atoms with Crippen molar-refractivity contribution in [1.29, 1.82) is 0 Å². The monoisotopic (exact) mass is 459 g/mol. The number of methoxy groups -OCH3 is 1. The average Bonchev–Trinajstić information content (AvgIpc) is 3.01. The molecule has 0 unspecified atom stereocenters. The molecule has 0 atom stereocenters. The number of rotatable bonds is 8. The molecule has 1 amide bonds. The van der Waals surface area contributed by atoms with E-state index in [-0.39, 0.29) is 15.8 Å². The van der Waals surface area contributed by atoms with Gasteiger partial charge >= 0.3 is 5.97 Å². The smallest absolute Gasteiger partial charge is 0.339 e. The number of nitrogens with zero attached hydrogens (tertiary/aromatic N) is 1. The summed E-state index contributed by atoms with van der Waals surface area (Å²) in [6.45, 7) is 2.68. The second-order valence-electron chi connectivity index (χ2n) is 6.64. The van der Waals surface area contributed by atoms with Gasteiger partial charge in [-0.2, -0.15) is 0 Å². The number of unbranched alkanes of at least 4 members (excludes halogenated alkanes) is 1. The van der Waals surface area contributed by atoms with Gasteiger partial charge < -0.3 is 19.7 Å². The predicted octanol–water partition coefficient (Wildman–Crippen LogP) is 4.68. The Hall–Kier alpha value is -3.04. The quantitative estimate of drug-likeness (QED) is 0.334. The number of benzene rings is 2. The fraction of sp³-hybridized carbons (Fsp3) is 0.227. The van der Waals surface area contributed by atoms with Gasteiger partial charge in [0.15, 0.2) is 15.8 Å². The lowest BCUT2D eigenvalue weighted by Gasteiger charge is -2.15. The molecule has 1 saturated heterocycles. The summed E-state index contributed by atoms with van der Waals surface area (Å²) in [5.74, 6) is -0.860. The number of hydrogen-bond donors (Lipinski definition) is 2. The maximum Gasteiger partial charge on any atom is 0.339 e. The van der Waals surface area contributed by atoms with E-state index in [1.54, 1.807) is 25.3 Å². The molecule has 3 rings (SSSR count). The molecule has 31 heavy (non-hydrogen) atoms. The molecule has 0 saturated carbocycles. The van der Waals surface area contributed by atoms with E-state index in [2.05, 4.69) is 6.92 Å². The molecule has 2 N–H and O–H groups in total. The minimum atomic E-state index is -1.26. The standard InChI is InChI=1S/C22H21NO6S2/c1-3-4-9-29-17-8-5-13(10-18(17)28-2)11-19-20(25)23(22(30)31-19)14-6-7-15(21(26)27)16(24)12-14/h5-8,10-12,24H,3-4,9H2,1-2H3,(H,26,27). The molecule has 1 heterocycles. The van der Waals surface area contributed by atoms with Gasteiger partial charge in [0.25, 0.3) is 5.91 Å². The van der Waals surface area contributed by atoms with Gasteiger partial charge in [0.1, 0.15) is 11.3 Å². The molecule has 0 aromatic heterocycles. The highest BCUT2D eigenvalue weighted by molar-refractivity contribution is 8.27. The van der Waals surface area contributed by atoms with E-state index in [1.807, 2.05) is 6.07 Å². The van der Waals surface area contributed by atoms with Crippen molar-refractivity contribution in [2.45, 2.75) is 19.8 Å². The van der Waals surface area contributed by atoms with Crippen LogP contribution in [0.25, 0.3) is 6.08 Å². The first kappa shape index (κ1) is 22.6. The number of phenols is 1. The zero-order valence-corrected chi connectivity index (χ0v) is 18.6. The second kappa shape index (κ2) is 9.84. The van der Waals surface area contributed by atoms with E-state index in [1.165, 1.54) is 23.1 Å². The van der Waals surface area contributed by atoms with Crippen molar-refractivity contribution in [3.8, 4) is 17.2 Å². The molecule has 0 spiro atoms. The number of carbonyl (C=O) groups excluding carboxylic acids is 1. The fourth-order valence-electron chi connectivity index (χ4n) is 2.90. The number of carbonyl (C=O) groups is 2. The molecule has 0 bridgehead atoms. The topological polar surface area (TPSA) is 96.3 Å². The van der Waals surface area contributed by atoms with Gasteiger partial charge in [-0.15, -0.1) is 0 Å². The van der Waals surface area contributed by atoms with Gasteiger partial charge in [0.05, 0.1) is 24.3 Å². The normalized spacial score (nSPS) is 14.9. The molecule has 7 nitrogen and oxygen atoms in total. The molecule has 2 aromatic rings. The molecular weight excluding hydrogens is 438 g/mol. The molecular formula is C22H21NO6S2. The Kier molecular flexibility index (Phi) is 7.19. The van der Waals surface area contributed by atoms with Crippen LogP contribution in [0.15, 0.2) is 41.3 Å². The van der Waals surface area contributed by atoms with Crippen LogP contribution in [0, 0.1) is 0 Å². The Bertz CT molecular complexity index is 1070. The van der Waals surface area contributed by atoms with Gasteiger partial charge in [0, 0.05) is 6.07 Å². The van der Waals surface area contributed by atoms with Crippen LogP contribution in [-0.4, -0.2) is 40.1 Å². The van der Waals surface area contributed by atoms with E-state index in [0.717, 1.165) is 30.2 Å². The lowest BCUT2D eigenvalue weighted by atomic mass is 10.1. The zero-order valence-electron chi connectivity index (χ0n) is 17.0. The summed E-state index contributed by atoms with van der Waals surface area (Å²) in [5, 5.41) is 19.0. The maximum atomic E-state index is 12.9. The summed E-state index contributed by atoms with van der Waals surface area (Å²) in [6, 6.07) is 9.28. The number of aromatic hydroxyl groups is 1. The Balaban J connectivity index is 1.85. The SMILES string of the molecule is CCCCOc1ccc(C=C2SC(=S)N(c3ccc(C(=O)O)c(O)c3)C2=O)cc1OC. The third kappa shape index (κ3) is 5.00.